The predicted molar refractivity (Wildman–Crippen MR) is 151 cm³/mol. The summed E-state index contributed by atoms with van der Waals surface area (Å²) >= 11 is 0. The fourth-order valence-corrected chi connectivity index (χ4v) is 5.26. The van der Waals surface area contributed by atoms with Gasteiger partial charge >= 0.3 is 5.69 Å². The van der Waals surface area contributed by atoms with E-state index in [4.69, 9.17) is 4.74 Å². The predicted octanol–water partition coefficient (Wildman–Crippen LogP) is 4.61. The molecule has 12 nitrogen and oxygen atoms in total. The Morgan fingerprint density at radius 2 is 1.75 bits per heavy atom. The minimum absolute atomic E-state index is 0.0275. The van der Waals surface area contributed by atoms with Crippen LogP contribution in [-0.2, 0) is 10.0 Å². The lowest BCUT2D eigenvalue weighted by Gasteiger charge is -2.12. The number of aromatic hydroxyl groups is 1. The number of aryl methyl sites for hydroxylation is 1. The van der Waals surface area contributed by atoms with Crippen molar-refractivity contribution in [1.82, 2.24) is 14.7 Å². The number of carbonyl (C=O) groups is 1. The van der Waals surface area contributed by atoms with Gasteiger partial charge in [-0.1, -0.05) is 24.3 Å². The summed E-state index contributed by atoms with van der Waals surface area (Å²) in [6.07, 6.45) is 0. The highest BCUT2D eigenvalue weighted by Crippen LogP contribution is 2.41. The van der Waals surface area contributed by atoms with Gasteiger partial charge in [0, 0.05) is 17.1 Å². The minimum atomic E-state index is -3.74. The summed E-state index contributed by atoms with van der Waals surface area (Å²) in [5.41, 5.74) is 1.76. The lowest BCUT2D eigenvalue weighted by atomic mass is 10.0. The van der Waals surface area contributed by atoms with E-state index < -0.39 is 21.7 Å². The van der Waals surface area contributed by atoms with Crippen molar-refractivity contribution in [2.24, 2.45) is 10.2 Å². The molecule has 0 saturated heterocycles. The molecular formula is C27H24N6O6S. The topological polar surface area (TPSA) is 178 Å². The van der Waals surface area contributed by atoms with Crippen LogP contribution < -0.4 is 20.5 Å². The standard InChI is InChI=1S/C27H24N6O6S/c1-14-10-21(22(39-3)13-23(14)40(37,38)28-2)32-33-24-17-7-5-4-6-15(17)11-18(25(24)34)26(35)29-16-8-9-19-20(12-16)31-27(36)30-19/h4-13,28,34H,1-3H3,(H,29,35)(H2,30,31,36)/b33-32+. The van der Waals surface area contributed by atoms with Gasteiger partial charge in [0.15, 0.2) is 5.75 Å². The lowest BCUT2D eigenvalue weighted by molar-refractivity contribution is 0.102. The molecule has 204 valence electrons. The van der Waals surface area contributed by atoms with Gasteiger partial charge in [0.05, 0.1) is 28.6 Å². The van der Waals surface area contributed by atoms with E-state index in [-0.39, 0.29) is 33.3 Å². The summed E-state index contributed by atoms with van der Waals surface area (Å²) in [5.74, 6) is -0.854. The average Bonchev–Trinajstić information content (AvgIpc) is 3.31. The number of rotatable bonds is 7. The van der Waals surface area contributed by atoms with Crippen LogP contribution in [0.2, 0.25) is 0 Å². The van der Waals surface area contributed by atoms with Crippen molar-refractivity contribution < 1.29 is 23.1 Å². The number of aromatic amines is 2. The first-order valence-electron chi connectivity index (χ1n) is 11.9. The fraction of sp³-hybridized carbons (Fsp3) is 0.111. The van der Waals surface area contributed by atoms with Crippen molar-refractivity contribution in [2.45, 2.75) is 11.8 Å². The molecule has 40 heavy (non-hydrogen) atoms. The third-order valence-electron chi connectivity index (χ3n) is 6.31. The Balaban J connectivity index is 1.56. The molecular weight excluding hydrogens is 536 g/mol. The van der Waals surface area contributed by atoms with Crippen molar-refractivity contribution in [3.63, 3.8) is 0 Å². The first-order chi connectivity index (χ1) is 19.1. The summed E-state index contributed by atoms with van der Waals surface area (Å²) in [6, 6.07) is 16.3. The van der Waals surface area contributed by atoms with Crippen molar-refractivity contribution in [3.05, 3.63) is 82.3 Å². The number of imidazole rings is 1. The first kappa shape index (κ1) is 26.6. The number of sulfonamides is 1. The van der Waals surface area contributed by atoms with Crippen molar-refractivity contribution in [1.29, 1.82) is 0 Å². The summed E-state index contributed by atoms with van der Waals surface area (Å²) in [6.45, 7) is 1.61. The Hall–Kier alpha value is -5.01. The molecule has 0 aliphatic rings. The molecule has 1 amide bonds. The average molecular weight is 561 g/mol. The van der Waals surface area contributed by atoms with Gasteiger partial charge in [0.2, 0.25) is 10.0 Å². The smallest absolute Gasteiger partial charge is 0.323 e. The lowest BCUT2D eigenvalue weighted by Crippen LogP contribution is -2.19. The molecule has 0 radical (unpaired) electrons. The van der Waals surface area contributed by atoms with Crippen LogP contribution in [0.25, 0.3) is 21.8 Å². The van der Waals surface area contributed by atoms with Gasteiger partial charge in [-0.2, -0.15) is 0 Å². The molecule has 13 heteroatoms. The molecule has 0 unspecified atom stereocenters. The number of fused-ring (bicyclic) bond motifs is 2. The Kier molecular flexibility index (Phi) is 6.83. The van der Waals surface area contributed by atoms with Crippen molar-refractivity contribution in [3.8, 4) is 11.5 Å². The largest absolute Gasteiger partial charge is 0.505 e. The van der Waals surface area contributed by atoms with E-state index in [1.807, 2.05) is 0 Å². The molecule has 0 aliphatic carbocycles. The number of phenolic OH excluding ortho intramolecular Hbond substituents is 1. The highest BCUT2D eigenvalue weighted by molar-refractivity contribution is 7.89. The van der Waals surface area contributed by atoms with Gasteiger partial charge in [0.1, 0.15) is 17.1 Å². The van der Waals surface area contributed by atoms with Crippen LogP contribution in [0.1, 0.15) is 15.9 Å². The summed E-state index contributed by atoms with van der Waals surface area (Å²) < 4.78 is 32.3. The molecule has 5 rings (SSSR count). The zero-order valence-corrected chi connectivity index (χ0v) is 22.4. The molecule has 0 fully saturated rings. The fourth-order valence-electron chi connectivity index (χ4n) is 4.30. The number of nitrogens with one attached hydrogen (secondary N) is 4. The van der Waals surface area contributed by atoms with E-state index in [0.29, 0.717) is 33.1 Å². The molecule has 5 aromatic rings. The summed E-state index contributed by atoms with van der Waals surface area (Å²) in [4.78, 5) is 30.1. The number of aromatic nitrogens is 2. The quantitative estimate of drug-likeness (QED) is 0.181. The number of methoxy groups -OCH3 is 1. The van der Waals surface area contributed by atoms with E-state index in [1.165, 1.54) is 32.4 Å². The molecule has 0 spiro atoms. The molecule has 5 N–H and O–H groups in total. The Bertz CT molecular complexity index is 1990. The third kappa shape index (κ3) is 4.90. The highest BCUT2D eigenvalue weighted by atomic mass is 32.2. The Labute approximate surface area is 227 Å². The zero-order chi connectivity index (χ0) is 28.6. The number of azo groups is 1. The maximum atomic E-state index is 13.2. The number of hydrogen-bond acceptors (Lipinski definition) is 8. The van der Waals surface area contributed by atoms with Crippen LogP contribution in [0.3, 0.4) is 0 Å². The number of nitrogens with zero attached hydrogens (tertiary/aromatic N) is 2. The van der Waals surface area contributed by atoms with Gasteiger partial charge in [0.25, 0.3) is 5.91 Å². The highest BCUT2D eigenvalue weighted by Gasteiger charge is 2.21. The van der Waals surface area contributed by atoms with E-state index in [0.717, 1.165) is 0 Å². The second-order valence-electron chi connectivity index (χ2n) is 8.83. The van der Waals surface area contributed by atoms with Gasteiger partial charge in [-0.05, 0) is 55.3 Å². The molecule has 1 aromatic heterocycles. The van der Waals surface area contributed by atoms with Crippen LogP contribution in [0.15, 0.2) is 80.6 Å². The van der Waals surface area contributed by atoms with Crippen LogP contribution in [0.4, 0.5) is 17.1 Å². The van der Waals surface area contributed by atoms with Gasteiger partial charge in [-0.15, -0.1) is 10.2 Å². The number of anilines is 1. The maximum absolute atomic E-state index is 13.2. The Morgan fingerprint density at radius 1 is 1.00 bits per heavy atom. The second kappa shape index (κ2) is 10.3. The number of H-pyrrole nitrogens is 2. The van der Waals surface area contributed by atoms with Crippen LogP contribution in [-0.4, -0.2) is 43.6 Å². The van der Waals surface area contributed by atoms with E-state index in [1.54, 1.807) is 49.4 Å². The van der Waals surface area contributed by atoms with Gasteiger partial charge < -0.3 is 25.1 Å². The number of hydrogen-bond donors (Lipinski definition) is 5. The van der Waals surface area contributed by atoms with Crippen molar-refractivity contribution >= 4 is 54.8 Å². The van der Waals surface area contributed by atoms with Gasteiger partial charge in [-0.25, -0.2) is 17.9 Å². The van der Waals surface area contributed by atoms with E-state index in [2.05, 4.69) is 30.2 Å². The van der Waals surface area contributed by atoms with E-state index in [9.17, 15) is 23.1 Å². The normalized spacial score (nSPS) is 11.9. The number of phenols is 1. The van der Waals surface area contributed by atoms with Gasteiger partial charge in [-0.3, -0.25) is 4.79 Å². The number of amides is 1. The number of benzene rings is 4. The number of carbonyl (C=O) groups excluding carboxylic acids is 1. The van der Waals surface area contributed by atoms with Crippen LogP contribution >= 0.6 is 0 Å². The second-order valence-corrected chi connectivity index (χ2v) is 10.7. The summed E-state index contributed by atoms with van der Waals surface area (Å²) in [5, 5.41) is 23.6. The first-order valence-corrected chi connectivity index (χ1v) is 13.4. The molecule has 0 atom stereocenters. The van der Waals surface area contributed by atoms with Crippen LogP contribution in [0.5, 0.6) is 11.5 Å². The Morgan fingerprint density at radius 3 is 2.50 bits per heavy atom. The molecule has 1 heterocycles. The summed E-state index contributed by atoms with van der Waals surface area (Å²) in [7, 11) is -1.06. The molecule has 0 aliphatic heterocycles. The molecule has 4 aromatic carbocycles. The monoisotopic (exact) mass is 560 g/mol. The third-order valence-corrected chi connectivity index (χ3v) is 7.86. The maximum Gasteiger partial charge on any atom is 0.323 e. The molecule has 0 bridgehead atoms. The van der Waals surface area contributed by atoms with Crippen LogP contribution in [0, 0.1) is 6.92 Å². The molecule has 0 saturated carbocycles. The van der Waals surface area contributed by atoms with Crippen molar-refractivity contribution in [2.75, 3.05) is 19.5 Å². The van der Waals surface area contributed by atoms with E-state index >= 15 is 0 Å². The number of ether oxygens (including phenoxy) is 1. The zero-order valence-electron chi connectivity index (χ0n) is 21.6. The minimum Gasteiger partial charge on any atom is -0.505 e. The SMILES string of the molecule is CNS(=O)(=O)c1cc(OC)c(/N=N/c2c(O)c(C(=O)Nc3ccc4[nH]c(=O)[nH]c4c3)cc3ccccc23)cc1C.